The Bertz CT molecular complexity index is 708. The van der Waals surface area contributed by atoms with Crippen LogP contribution in [-0.2, 0) is 6.42 Å². The third-order valence-electron chi connectivity index (χ3n) is 2.76. The van der Waals surface area contributed by atoms with Gasteiger partial charge in [-0.3, -0.25) is 0 Å². The summed E-state index contributed by atoms with van der Waals surface area (Å²) in [5.41, 5.74) is 0.602. The molecule has 7 heteroatoms. The van der Waals surface area contributed by atoms with E-state index in [1.165, 1.54) is 18.2 Å². The van der Waals surface area contributed by atoms with E-state index < -0.39 is 17.6 Å². The zero-order chi connectivity index (χ0) is 15.6. The van der Waals surface area contributed by atoms with Crippen molar-refractivity contribution in [3.8, 4) is 0 Å². The highest BCUT2D eigenvalue weighted by Crippen LogP contribution is 2.26. The molecule has 0 saturated carbocycles. The van der Waals surface area contributed by atoms with Gasteiger partial charge in [-0.2, -0.15) is 0 Å². The summed E-state index contributed by atoms with van der Waals surface area (Å²) in [6, 6.07) is 4.70. The second kappa shape index (κ2) is 6.17. The fraction of sp³-hybridized carbons (Fsp3) is 0.143. The van der Waals surface area contributed by atoms with Gasteiger partial charge in [0.05, 0.1) is 15.7 Å². The predicted octanol–water partition coefficient (Wildman–Crippen LogP) is 4.13. The molecule has 4 nitrogen and oxygen atoms in total. The zero-order valence-corrected chi connectivity index (χ0v) is 12.5. The minimum absolute atomic E-state index is 0.000340. The Morgan fingerprint density at radius 1 is 1.29 bits per heavy atom. The standard InChI is InChI=1S/C14H11BrF2N2O2/c1-2-8-3-7(14(20)21)4-13(18-8)19-12-5-9(15)10(16)6-11(12)17/h3-6H,2H2,1H3,(H,18,19)(H,20,21). The van der Waals surface area contributed by atoms with Crippen molar-refractivity contribution in [2.24, 2.45) is 0 Å². The van der Waals surface area contributed by atoms with Crippen molar-refractivity contribution in [1.29, 1.82) is 0 Å². The van der Waals surface area contributed by atoms with E-state index in [4.69, 9.17) is 5.11 Å². The van der Waals surface area contributed by atoms with E-state index in [9.17, 15) is 13.6 Å². The normalized spacial score (nSPS) is 10.5. The lowest BCUT2D eigenvalue weighted by Crippen LogP contribution is -2.04. The lowest BCUT2D eigenvalue weighted by Gasteiger charge is -2.10. The molecule has 1 heterocycles. The number of anilines is 2. The van der Waals surface area contributed by atoms with Gasteiger partial charge in [-0.25, -0.2) is 18.6 Å². The highest BCUT2D eigenvalue weighted by molar-refractivity contribution is 9.10. The molecule has 110 valence electrons. The predicted molar refractivity (Wildman–Crippen MR) is 77.9 cm³/mol. The maximum Gasteiger partial charge on any atom is 0.335 e. The zero-order valence-electron chi connectivity index (χ0n) is 11.0. The van der Waals surface area contributed by atoms with Gasteiger partial charge in [0.1, 0.15) is 17.5 Å². The maximum absolute atomic E-state index is 13.7. The van der Waals surface area contributed by atoms with Crippen LogP contribution < -0.4 is 5.32 Å². The van der Waals surface area contributed by atoms with Crippen molar-refractivity contribution in [2.45, 2.75) is 13.3 Å². The fourth-order valence-corrected chi connectivity index (χ4v) is 2.06. The van der Waals surface area contributed by atoms with Gasteiger partial charge >= 0.3 is 5.97 Å². The molecular formula is C14H11BrF2N2O2. The number of carboxylic acid groups (broad SMARTS) is 1. The minimum Gasteiger partial charge on any atom is -0.478 e. The van der Waals surface area contributed by atoms with E-state index >= 15 is 0 Å². The van der Waals surface area contributed by atoms with Gasteiger partial charge in [-0.15, -0.1) is 0 Å². The quantitative estimate of drug-likeness (QED) is 0.808. The van der Waals surface area contributed by atoms with E-state index in [2.05, 4.69) is 26.2 Å². The molecule has 0 aliphatic carbocycles. The van der Waals surface area contributed by atoms with Gasteiger partial charge in [-0.1, -0.05) is 6.92 Å². The molecule has 1 aromatic carbocycles. The molecule has 0 radical (unpaired) electrons. The average Bonchev–Trinajstić information content (AvgIpc) is 2.44. The number of nitrogens with zero attached hydrogens (tertiary/aromatic N) is 1. The summed E-state index contributed by atoms with van der Waals surface area (Å²) in [7, 11) is 0. The number of nitrogens with one attached hydrogen (secondary N) is 1. The number of hydrogen-bond donors (Lipinski definition) is 2. The molecule has 21 heavy (non-hydrogen) atoms. The van der Waals surface area contributed by atoms with Crippen LogP contribution in [0.5, 0.6) is 0 Å². The monoisotopic (exact) mass is 356 g/mol. The Morgan fingerprint density at radius 2 is 2.00 bits per heavy atom. The van der Waals surface area contributed by atoms with Crippen molar-refractivity contribution in [3.05, 3.63) is 51.6 Å². The molecule has 0 bridgehead atoms. The number of carbonyl (C=O) groups is 1. The largest absolute Gasteiger partial charge is 0.478 e. The summed E-state index contributed by atoms with van der Waals surface area (Å²) in [5.74, 6) is -2.43. The smallest absolute Gasteiger partial charge is 0.335 e. The van der Waals surface area contributed by atoms with Crippen LogP contribution in [0, 0.1) is 11.6 Å². The number of pyridine rings is 1. The number of aryl methyl sites for hydroxylation is 1. The molecule has 0 amide bonds. The first kappa shape index (κ1) is 15.4. The molecule has 0 saturated heterocycles. The molecule has 0 atom stereocenters. The summed E-state index contributed by atoms with van der Waals surface area (Å²) in [5, 5.41) is 11.7. The van der Waals surface area contributed by atoms with Crippen LogP contribution in [0.2, 0.25) is 0 Å². The Morgan fingerprint density at radius 3 is 2.62 bits per heavy atom. The molecule has 0 fully saturated rings. The first-order valence-corrected chi connectivity index (χ1v) is 6.85. The van der Waals surface area contributed by atoms with Gasteiger partial charge in [0.15, 0.2) is 0 Å². The van der Waals surface area contributed by atoms with Gasteiger partial charge in [0.25, 0.3) is 0 Å². The molecule has 2 aromatic rings. The number of rotatable bonds is 4. The molecule has 0 aliphatic heterocycles. The third-order valence-corrected chi connectivity index (χ3v) is 3.37. The van der Waals surface area contributed by atoms with Crippen LogP contribution in [0.15, 0.2) is 28.7 Å². The van der Waals surface area contributed by atoms with Gasteiger partial charge in [0, 0.05) is 11.8 Å². The number of carboxylic acids is 1. The van der Waals surface area contributed by atoms with Crippen LogP contribution in [0.3, 0.4) is 0 Å². The molecular weight excluding hydrogens is 346 g/mol. The van der Waals surface area contributed by atoms with Crippen LogP contribution in [0.4, 0.5) is 20.3 Å². The van der Waals surface area contributed by atoms with Crippen LogP contribution in [-0.4, -0.2) is 16.1 Å². The summed E-state index contributed by atoms with van der Waals surface area (Å²) >= 11 is 2.96. The molecule has 0 spiro atoms. The highest BCUT2D eigenvalue weighted by Gasteiger charge is 2.12. The van der Waals surface area contributed by atoms with Crippen molar-refractivity contribution in [2.75, 3.05) is 5.32 Å². The van der Waals surface area contributed by atoms with E-state index in [1.54, 1.807) is 0 Å². The number of hydrogen-bond acceptors (Lipinski definition) is 3. The van der Waals surface area contributed by atoms with Crippen molar-refractivity contribution >= 4 is 33.4 Å². The lowest BCUT2D eigenvalue weighted by molar-refractivity contribution is 0.0696. The van der Waals surface area contributed by atoms with Crippen LogP contribution in [0.1, 0.15) is 23.0 Å². The molecule has 2 N–H and O–H groups in total. The molecule has 1 aromatic heterocycles. The Balaban J connectivity index is 2.41. The van der Waals surface area contributed by atoms with E-state index in [1.807, 2.05) is 6.92 Å². The van der Waals surface area contributed by atoms with Crippen molar-refractivity contribution in [3.63, 3.8) is 0 Å². The lowest BCUT2D eigenvalue weighted by atomic mass is 10.2. The van der Waals surface area contributed by atoms with Gasteiger partial charge in [-0.05, 0) is 40.5 Å². The third kappa shape index (κ3) is 3.55. The Labute approximate surface area is 128 Å². The molecule has 0 unspecified atom stereocenters. The van der Waals surface area contributed by atoms with E-state index in [0.29, 0.717) is 12.1 Å². The second-order valence-electron chi connectivity index (χ2n) is 4.26. The maximum atomic E-state index is 13.7. The topological polar surface area (TPSA) is 62.2 Å². The second-order valence-corrected chi connectivity index (χ2v) is 5.12. The van der Waals surface area contributed by atoms with Gasteiger partial charge < -0.3 is 10.4 Å². The molecule has 0 aliphatic rings. The fourth-order valence-electron chi connectivity index (χ4n) is 1.71. The summed E-state index contributed by atoms with van der Waals surface area (Å²) in [6.07, 6.45) is 0.533. The molecule has 2 rings (SSSR count). The number of aromatic carboxylic acids is 1. The number of aromatic nitrogens is 1. The summed E-state index contributed by atoms with van der Waals surface area (Å²) < 4.78 is 27.0. The summed E-state index contributed by atoms with van der Waals surface area (Å²) in [6.45, 7) is 1.83. The van der Waals surface area contributed by atoms with Crippen LogP contribution >= 0.6 is 15.9 Å². The number of benzene rings is 1. The van der Waals surface area contributed by atoms with E-state index in [0.717, 1.165) is 6.07 Å². The first-order chi connectivity index (χ1) is 9.90. The number of halogens is 3. The minimum atomic E-state index is -1.10. The van der Waals surface area contributed by atoms with Crippen molar-refractivity contribution in [1.82, 2.24) is 4.98 Å². The summed E-state index contributed by atoms with van der Waals surface area (Å²) in [4.78, 5) is 15.2. The Kier molecular flexibility index (Phi) is 4.52. The Hall–Kier alpha value is -2.02. The average molecular weight is 357 g/mol. The van der Waals surface area contributed by atoms with Crippen molar-refractivity contribution < 1.29 is 18.7 Å². The first-order valence-electron chi connectivity index (χ1n) is 6.06. The highest BCUT2D eigenvalue weighted by atomic mass is 79.9. The van der Waals surface area contributed by atoms with E-state index in [-0.39, 0.29) is 21.5 Å². The van der Waals surface area contributed by atoms with Crippen LogP contribution in [0.25, 0.3) is 0 Å². The SMILES string of the molecule is CCc1cc(C(=O)O)cc(Nc2cc(Br)c(F)cc2F)n1. The van der Waals surface area contributed by atoms with Gasteiger partial charge in [0.2, 0.25) is 0 Å².